The first kappa shape index (κ1) is 18.5. The Labute approximate surface area is 158 Å². The highest BCUT2D eigenvalue weighted by atomic mass is 16.5. The third-order valence-corrected chi connectivity index (χ3v) is 4.55. The number of para-hydroxylation sites is 1. The summed E-state index contributed by atoms with van der Waals surface area (Å²) in [5.41, 5.74) is 8.33. The molecule has 1 unspecified atom stereocenters. The number of carbonyl (C=O) groups is 2. The predicted molar refractivity (Wildman–Crippen MR) is 106 cm³/mol. The van der Waals surface area contributed by atoms with Gasteiger partial charge in [0.1, 0.15) is 0 Å². The number of fused-ring (bicyclic) bond motifs is 1. The summed E-state index contributed by atoms with van der Waals surface area (Å²) < 4.78 is 5.12. The number of benzene rings is 3. The van der Waals surface area contributed by atoms with Crippen LogP contribution in [0.1, 0.15) is 34.5 Å². The van der Waals surface area contributed by atoms with Gasteiger partial charge in [0.25, 0.3) is 5.91 Å². The van der Waals surface area contributed by atoms with Crippen LogP contribution in [0.25, 0.3) is 10.8 Å². The first-order chi connectivity index (χ1) is 13.0. The molecule has 0 fully saturated rings. The first-order valence-corrected chi connectivity index (χ1v) is 8.76. The Morgan fingerprint density at radius 2 is 1.74 bits per heavy atom. The summed E-state index contributed by atoms with van der Waals surface area (Å²) in [5.74, 6) is -0.973. The second kappa shape index (κ2) is 7.91. The Balaban J connectivity index is 1.63. The van der Waals surface area contributed by atoms with Crippen LogP contribution in [0.15, 0.2) is 60.7 Å². The van der Waals surface area contributed by atoms with E-state index >= 15 is 0 Å². The molecule has 3 aromatic rings. The highest BCUT2D eigenvalue weighted by molar-refractivity contribution is 5.97. The van der Waals surface area contributed by atoms with Crippen molar-refractivity contribution in [3.8, 4) is 0 Å². The number of hydrogen-bond donors (Lipinski definition) is 2. The van der Waals surface area contributed by atoms with Crippen LogP contribution in [0.5, 0.6) is 0 Å². The Hall–Kier alpha value is -3.34. The molecule has 0 saturated heterocycles. The van der Waals surface area contributed by atoms with Crippen LogP contribution in [0.3, 0.4) is 0 Å². The third-order valence-electron chi connectivity index (χ3n) is 4.55. The van der Waals surface area contributed by atoms with Gasteiger partial charge in [0, 0.05) is 5.69 Å². The summed E-state index contributed by atoms with van der Waals surface area (Å²) in [6, 6.07) is 18.9. The van der Waals surface area contributed by atoms with E-state index in [0.717, 1.165) is 21.9 Å². The van der Waals surface area contributed by atoms with E-state index in [1.165, 1.54) is 0 Å². The molecule has 0 spiro atoms. The molecule has 1 amide bonds. The van der Waals surface area contributed by atoms with Gasteiger partial charge in [-0.15, -0.1) is 0 Å². The lowest BCUT2D eigenvalue weighted by Crippen LogP contribution is -2.31. The van der Waals surface area contributed by atoms with E-state index in [-0.39, 0.29) is 24.1 Å². The van der Waals surface area contributed by atoms with Gasteiger partial charge in [-0.3, -0.25) is 4.79 Å². The summed E-state index contributed by atoms with van der Waals surface area (Å²) in [7, 11) is 0. The van der Waals surface area contributed by atoms with Crippen LogP contribution >= 0.6 is 0 Å². The van der Waals surface area contributed by atoms with E-state index < -0.39 is 5.97 Å². The largest absolute Gasteiger partial charge is 0.452 e. The number of nitrogens with one attached hydrogen (secondary N) is 1. The Kier molecular flexibility index (Phi) is 5.41. The molecule has 0 bridgehead atoms. The minimum absolute atomic E-state index is 0.216. The summed E-state index contributed by atoms with van der Waals surface area (Å²) in [6.07, 6.45) is 0. The predicted octanol–water partition coefficient (Wildman–Crippen LogP) is 3.76. The number of rotatable bonds is 5. The molecule has 138 valence electrons. The average Bonchev–Trinajstić information content (AvgIpc) is 2.67. The smallest absolute Gasteiger partial charge is 0.340 e. The molecule has 3 N–H and O–H groups in total. The van der Waals surface area contributed by atoms with Crippen LogP contribution < -0.4 is 11.1 Å². The van der Waals surface area contributed by atoms with Crippen molar-refractivity contribution in [2.75, 3.05) is 12.3 Å². The standard InChI is InChI=1S/C22H22N2O3/c1-14-7-5-12-19(21(14)23)22(26)27-13-20(25)24-15(2)17-11-6-9-16-8-3-4-10-18(16)17/h3-12,15H,13,23H2,1-2H3,(H,24,25). The van der Waals surface area contributed by atoms with Gasteiger partial charge in [0.05, 0.1) is 11.6 Å². The molecule has 27 heavy (non-hydrogen) atoms. The number of amides is 1. The molecule has 0 aliphatic rings. The van der Waals surface area contributed by atoms with Crippen molar-refractivity contribution in [2.45, 2.75) is 19.9 Å². The van der Waals surface area contributed by atoms with Gasteiger partial charge in [-0.2, -0.15) is 0 Å². The third kappa shape index (κ3) is 4.08. The Morgan fingerprint density at radius 3 is 2.56 bits per heavy atom. The fourth-order valence-corrected chi connectivity index (χ4v) is 3.06. The second-order valence-electron chi connectivity index (χ2n) is 6.47. The van der Waals surface area contributed by atoms with E-state index in [9.17, 15) is 9.59 Å². The minimum atomic E-state index is -0.607. The van der Waals surface area contributed by atoms with E-state index in [4.69, 9.17) is 10.5 Å². The second-order valence-corrected chi connectivity index (χ2v) is 6.47. The number of ether oxygens (including phenoxy) is 1. The zero-order valence-electron chi connectivity index (χ0n) is 15.4. The lowest BCUT2D eigenvalue weighted by Gasteiger charge is -2.17. The first-order valence-electron chi connectivity index (χ1n) is 8.76. The number of anilines is 1. The molecule has 5 heteroatoms. The van der Waals surface area contributed by atoms with Gasteiger partial charge in [-0.25, -0.2) is 4.79 Å². The molecule has 0 saturated carbocycles. The summed E-state index contributed by atoms with van der Waals surface area (Å²) >= 11 is 0. The van der Waals surface area contributed by atoms with Crippen molar-refractivity contribution in [2.24, 2.45) is 0 Å². The number of aryl methyl sites for hydroxylation is 1. The van der Waals surface area contributed by atoms with Crippen LogP contribution in [0.4, 0.5) is 5.69 Å². The van der Waals surface area contributed by atoms with E-state index in [2.05, 4.69) is 5.32 Å². The number of carbonyl (C=O) groups excluding carboxylic acids is 2. The number of esters is 1. The highest BCUT2D eigenvalue weighted by Crippen LogP contribution is 2.24. The van der Waals surface area contributed by atoms with Crippen molar-refractivity contribution in [1.29, 1.82) is 0 Å². The molecule has 3 aromatic carbocycles. The normalized spacial score (nSPS) is 11.8. The Bertz CT molecular complexity index is 993. The lowest BCUT2D eigenvalue weighted by molar-refractivity contribution is -0.124. The van der Waals surface area contributed by atoms with Crippen molar-refractivity contribution in [3.05, 3.63) is 77.4 Å². The molecule has 5 nitrogen and oxygen atoms in total. The fourth-order valence-electron chi connectivity index (χ4n) is 3.06. The van der Waals surface area contributed by atoms with Gasteiger partial charge in [0.15, 0.2) is 6.61 Å². The van der Waals surface area contributed by atoms with Gasteiger partial charge in [0.2, 0.25) is 0 Å². The van der Waals surface area contributed by atoms with Crippen molar-refractivity contribution in [1.82, 2.24) is 5.32 Å². The topological polar surface area (TPSA) is 81.4 Å². The quantitative estimate of drug-likeness (QED) is 0.535. The Morgan fingerprint density at radius 1 is 1.04 bits per heavy atom. The van der Waals surface area contributed by atoms with Crippen LogP contribution in [0, 0.1) is 6.92 Å². The zero-order chi connectivity index (χ0) is 19.4. The molecule has 0 aromatic heterocycles. The van der Waals surface area contributed by atoms with Crippen molar-refractivity contribution in [3.63, 3.8) is 0 Å². The summed E-state index contributed by atoms with van der Waals surface area (Å²) in [5, 5.41) is 5.06. The number of nitrogen functional groups attached to an aromatic ring is 1. The minimum Gasteiger partial charge on any atom is -0.452 e. The van der Waals surface area contributed by atoms with Gasteiger partial charge in [-0.1, -0.05) is 54.6 Å². The van der Waals surface area contributed by atoms with E-state index in [0.29, 0.717) is 5.69 Å². The lowest BCUT2D eigenvalue weighted by atomic mass is 10.00. The monoisotopic (exact) mass is 362 g/mol. The summed E-state index contributed by atoms with van der Waals surface area (Å²) in [4.78, 5) is 24.4. The van der Waals surface area contributed by atoms with Gasteiger partial charge >= 0.3 is 5.97 Å². The van der Waals surface area contributed by atoms with Crippen LogP contribution in [0.2, 0.25) is 0 Å². The van der Waals surface area contributed by atoms with Crippen molar-refractivity contribution >= 4 is 28.3 Å². The zero-order valence-corrected chi connectivity index (χ0v) is 15.4. The number of nitrogens with two attached hydrogens (primary N) is 1. The average molecular weight is 362 g/mol. The molecule has 1 atom stereocenters. The molecule has 3 rings (SSSR count). The fraction of sp³-hybridized carbons (Fsp3) is 0.182. The number of hydrogen-bond acceptors (Lipinski definition) is 4. The highest BCUT2D eigenvalue weighted by Gasteiger charge is 2.16. The molecule has 0 aliphatic carbocycles. The van der Waals surface area contributed by atoms with Gasteiger partial charge in [-0.05, 0) is 41.8 Å². The molecular formula is C22H22N2O3. The van der Waals surface area contributed by atoms with Crippen LogP contribution in [-0.2, 0) is 9.53 Å². The molecular weight excluding hydrogens is 340 g/mol. The van der Waals surface area contributed by atoms with E-state index in [1.807, 2.05) is 62.4 Å². The molecule has 0 radical (unpaired) electrons. The van der Waals surface area contributed by atoms with Crippen molar-refractivity contribution < 1.29 is 14.3 Å². The van der Waals surface area contributed by atoms with E-state index in [1.54, 1.807) is 12.1 Å². The molecule has 0 heterocycles. The van der Waals surface area contributed by atoms with Crippen LogP contribution in [-0.4, -0.2) is 18.5 Å². The summed E-state index contributed by atoms with van der Waals surface area (Å²) in [6.45, 7) is 3.35. The maximum atomic E-state index is 12.2. The van der Waals surface area contributed by atoms with Gasteiger partial charge < -0.3 is 15.8 Å². The SMILES string of the molecule is Cc1cccc(C(=O)OCC(=O)NC(C)c2cccc3ccccc23)c1N. The maximum Gasteiger partial charge on any atom is 0.340 e. The maximum absolute atomic E-state index is 12.2. The molecule has 0 aliphatic heterocycles.